The van der Waals surface area contributed by atoms with E-state index in [0.717, 1.165) is 0 Å². The molecule has 0 spiro atoms. The smallest absolute Gasteiger partial charge is 0.0696 e. The van der Waals surface area contributed by atoms with Crippen molar-refractivity contribution < 1.29 is 0 Å². The molecule has 0 amide bonds. The largest absolute Gasteiger partial charge is 0.215 e. The molecule has 0 radical (unpaired) electrons. The van der Waals surface area contributed by atoms with Crippen molar-refractivity contribution in [3.63, 3.8) is 0 Å². The average molecular weight is 276 g/mol. The Bertz CT molecular complexity index is 689. The maximum Gasteiger partial charge on any atom is 0.215 e. The van der Waals surface area contributed by atoms with Crippen LogP contribution in [-0.4, -0.2) is 6.71 Å². The van der Waals surface area contributed by atoms with Crippen molar-refractivity contribution in [2.45, 2.75) is 52.3 Å². The van der Waals surface area contributed by atoms with Gasteiger partial charge >= 0.3 is 0 Å². The molecular weight excluding hydrogens is 251 g/mol. The van der Waals surface area contributed by atoms with E-state index in [1.807, 2.05) is 0 Å². The van der Waals surface area contributed by atoms with Crippen LogP contribution < -0.4 is 10.9 Å². The van der Waals surface area contributed by atoms with Crippen molar-refractivity contribution in [2.75, 3.05) is 0 Å². The lowest BCUT2D eigenvalue weighted by atomic mass is 9.25. The second kappa shape index (κ2) is 4.50. The lowest BCUT2D eigenvalue weighted by Crippen LogP contribution is -2.58. The van der Waals surface area contributed by atoms with Crippen molar-refractivity contribution in [3.8, 4) is 0 Å². The molecule has 1 heterocycles. The van der Waals surface area contributed by atoms with E-state index in [-0.39, 0.29) is 10.7 Å². The number of hydrogen-bond acceptors (Lipinski definition) is 0. The zero-order valence-electron chi connectivity index (χ0n) is 14.1. The summed E-state index contributed by atoms with van der Waals surface area (Å²) < 4.78 is 0. The molecule has 0 fully saturated rings. The van der Waals surface area contributed by atoms with Crippen LogP contribution in [0.2, 0.25) is 5.31 Å². The summed E-state index contributed by atoms with van der Waals surface area (Å²) in [4.78, 5) is 0. The number of aryl methyl sites for hydroxylation is 1. The van der Waals surface area contributed by atoms with Gasteiger partial charge in [0.1, 0.15) is 0 Å². The molecule has 2 aromatic rings. The Hall–Kier alpha value is -1.50. The Morgan fingerprint density at radius 2 is 1.48 bits per heavy atom. The van der Waals surface area contributed by atoms with Gasteiger partial charge in [-0.25, -0.2) is 0 Å². The van der Waals surface area contributed by atoms with Crippen molar-refractivity contribution in [2.24, 2.45) is 0 Å². The van der Waals surface area contributed by atoms with Crippen LogP contribution in [0.15, 0.2) is 42.5 Å². The van der Waals surface area contributed by atoms with Gasteiger partial charge in [0.05, 0.1) is 0 Å². The summed E-state index contributed by atoms with van der Waals surface area (Å²) in [6.45, 7) is 14.5. The van der Waals surface area contributed by atoms with Gasteiger partial charge in [-0.2, -0.15) is 0 Å². The van der Waals surface area contributed by atoms with E-state index in [4.69, 9.17) is 0 Å². The summed E-state index contributed by atoms with van der Waals surface area (Å²) in [7, 11) is 0. The lowest BCUT2D eigenvalue weighted by Gasteiger charge is -2.42. The van der Waals surface area contributed by atoms with E-state index in [0.29, 0.717) is 6.71 Å². The molecule has 1 heteroatoms. The molecule has 0 saturated heterocycles. The van der Waals surface area contributed by atoms with Crippen molar-refractivity contribution in [1.29, 1.82) is 0 Å². The molecule has 3 rings (SSSR count). The third-order valence-electron chi connectivity index (χ3n) is 5.00. The number of hydrogen-bond donors (Lipinski definition) is 0. The summed E-state index contributed by atoms with van der Waals surface area (Å²) in [5.74, 6) is 0. The molecule has 0 aromatic heterocycles. The van der Waals surface area contributed by atoms with E-state index < -0.39 is 0 Å². The lowest BCUT2D eigenvalue weighted by molar-refractivity contribution is 0.640. The van der Waals surface area contributed by atoms with Crippen LogP contribution >= 0.6 is 0 Å². The topological polar surface area (TPSA) is 0 Å². The highest BCUT2D eigenvalue weighted by Crippen LogP contribution is 2.38. The zero-order valence-corrected chi connectivity index (χ0v) is 14.1. The van der Waals surface area contributed by atoms with Crippen LogP contribution in [-0.2, 0) is 5.41 Å². The van der Waals surface area contributed by atoms with Gasteiger partial charge < -0.3 is 0 Å². The highest BCUT2D eigenvalue weighted by Gasteiger charge is 2.43. The maximum absolute atomic E-state index is 2.39. The standard InChI is InChI=1S/C20H25B/c1-14-11-12-18-16(13-14)20(5,6)15-9-7-8-10-17(15)21(18)19(2,3)4/h7-13H,1-6H3. The van der Waals surface area contributed by atoms with Gasteiger partial charge in [-0.05, 0) is 18.1 Å². The summed E-state index contributed by atoms with van der Waals surface area (Å²) in [5, 5.41) is 0.219. The molecule has 2 aromatic carbocycles. The van der Waals surface area contributed by atoms with Crippen molar-refractivity contribution in [3.05, 3.63) is 59.2 Å². The first-order valence-corrected chi connectivity index (χ1v) is 7.93. The van der Waals surface area contributed by atoms with E-state index in [2.05, 4.69) is 84.0 Å². The number of benzene rings is 2. The Labute approximate surface area is 129 Å². The Morgan fingerprint density at radius 3 is 2.14 bits per heavy atom. The normalized spacial score (nSPS) is 16.4. The minimum Gasteiger partial charge on any atom is -0.0696 e. The van der Waals surface area contributed by atoms with Crippen molar-refractivity contribution in [1.82, 2.24) is 0 Å². The molecule has 0 nitrogen and oxygen atoms in total. The molecule has 1 aliphatic rings. The van der Waals surface area contributed by atoms with Crippen LogP contribution in [0.5, 0.6) is 0 Å². The molecule has 0 bridgehead atoms. The fourth-order valence-electron chi connectivity index (χ4n) is 4.03. The molecule has 1 aliphatic heterocycles. The second-order valence-electron chi connectivity index (χ2n) is 8.10. The van der Waals surface area contributed by atoms with E-state index in [1.54, 1.807) is 0 Å². The number of rotatable bonds is 0. The van der Waals surface area contributed by atoms with Gasteiger partial charge in [0.15, 0.2) is 0 Å². The quantitative estimate of drug-likeness (QED) is 0.637. The maximum atomic E-state index is 2.39. The predicted molar refractivity (Wildman–Crippen MR) is 94.5 cm³/mol. The molecule has 0 unspecified atom stereocenters. The van der Waals surface area contributed by atoms with Crippen LogP contribution in [0.4, 0.5) is 0 Å². The zero-order chi connectivity index (χ0) is 15.4. The van der Waals surface area contributed by atoms with Gasteiger partial charge in [0.2, 0.25) is 6.71 Å². The summed E-state index contributed by atoms with van der Waals surface area (Å²) in [5.41, 5.74) is 7.45. The minimum absolute atomic E-state index is 0.0830. The van der Waals surface area contributed by atoms with Gasteiger partial charge in [-0.15, -0.1) is 0 Å². The molecule has 0 atom stereocenters. The van der Waals surface area contributed by atoms with E-state index in [9.17, 15) is 0 Å². The Morgan fingerprint density at radius 1 is 0.857 bits per heavy atom. The first-order valence-electron chi connectivity index (χ1n) is 7.93. The molecule has 108 valence electrons. The van der Waals surface area contributed by atoms with Gasteiger partial charge in [0.25, 0.3) is 0 Å². The highest BCUT2D eigenvalue weighted by atomic mass is 14.3. The van der Waals surface area contributed by atoms with Crippen LogP contribution in [0.1, 0.15) is 51.3 Å². The second-order valence-corrected chi connectivity index (χ2v) is 8.10. The Kier molecular flexibility index (Phi) is 3.09. The van der Waals surface area contributed by atoms with Crippen LogP contribution in [0.3, 0.4) is 0 Å². The molecule has 21 heavy (non-hydrogen) atoms. The monoisotopic (exact) mass is 276 g/mol. The molecular formula is C20H25B. The van der Waals surface area contributed by atoms with Gasteiger partial charge in [0, 0.05) is 5.41 Å². The summed E-state index contributed by atoms with van der Waals surface area (Å²) >= 11 is 0. The predicted octanol–water partition coefficient (Wildman–Crippen LogP) is 4.04. The molecule has 0 N–H and O–H groups in total. The highest BCUT2D eigenvalue weighted by molar-refractivity contribution is 6.88. The fourth-order valence-corrected chi connectivity index (χ4v) is 4.03. The van der Waals surface area contributed by atoms with Crippen LogP contribution in [0.25, 0.3) is 0 Å². The average Bonchev–Trinajstić information content (AvgIpc) is 2.39. The molecule has 0 aliphatic carbocycles. The third kappa shape index (κ3) is 2.14. The fraction of sp³-hybridized carbons (Fsp3) is 0.400. The third-order valence-corrected chi connectivity index (χ3v) is 5.00. The summed E-state index contributed by atoms with van der Waals surface area (Å²) in [6.07, 6.45) is 0. The first-order chi connectivity index (χ1) is 9.73. The first kappa shape index (κ1) is 14.4. The minimum atomic E-state index is 0.0830. The summed E-state index contributed by atoms with van der Waals surface area (Å²) in [6, 6.07) is 16.0. The van der Waals surface area contributed by atoms with Gasteiger partial charge in [-0.1, -0.05) is 98.9 Å². The van der Waals surface area contributed by atoms with E-state index in [1.165, 1.54) is 27.6 Å². The SMILES string of the molecule is Cc1ccc2c(c1)C(C)(C)c1ccccc1B2C(C)(C)C. The molecule has 0 saturated carbocycles. The van der Waals surface area contributed by atoms with Gasteiger partial charge in [-0.3, -0.25) is 0 Å². The van der Waals surface area contributed by atoms with Crippen LogP contribution in [0, 0.1) is 6.92 Å². The number of fused-ring (bicyclic) bond motifs is 2. The Balaban J connectivity index is 2.37. The van der Waals surface area contributed by atoms with Crippen molar-refractivity contribution >= 4 is 17.6 Å². The van der Waals surface area contributed by atoms with E-state index >= 15 is 0 Å².